The highest BCUT2D eigenvalue weighted by Crippen LogP contribution is 2.20. The van der Waals surface area contributed by atoms with Gasteiger partial charge < -0.3 is 14.7 Å². The molecule has 7 nitrogen and oxygen atoms in total. The zero-order chi connectivity index (χ0) is 18.5. The van der Waals surface area contributed by atoms with Gasteiger partial charge in [-0.05, 0) is 24.0 Å². The molecule has 1 N–H and O–H groups in total. The van der Waals surface area contributed by atoms with Gasteiger partial charge in [0.25, 0.3) is 0 Å². The Balaban J connectivity index is 1.49. The van der Waals surface area contributed by atoms with E-state index in [2.05, 4.69) is 29.3 Å². The van der Waals surface area contributed by atoms with Crippen LogP contribution in [0.25, 0.3) is 0 Å². The molecule has 1 saturated heterocycles. The first kappa shape index (κ1) is 18.1. The number of hydrogen-bond acceptors (Lipinski definition) is 5. The Morgan fingerprint density at radius 1 is 1.46 bits per heavy atom. The minimum atomic E-state index is -0.336. The molecule has 0 spiro atoms. The highest BCUT2D eigenvalue weighted by molar-refractivity contribution is 5.89. The second-order valence-corrected chi connectivity index (χ2v) is 7.14. The summed E-state index contributed by atoms with van der Waals surface area (Å²) in [4.78, 5) is 30.3. The molecule has 1 atom stereocenters. The molecule has 0 bridgehead atoms. The minimum absolute atomic E-state index is 0.00659. The summed E-state index contributed by atoms with van der Waals surface area (Å²) in [7, 11) is 0. The zero-order valence-corrected chi connectivity index (χ0v) is 15.1. The lowest BCUT2D eigenvalue weighted by Gasteiger charge is -2.16. The third kappa shape index (κ3) is 4.68. The van der Waals surface area contributed by atoms with Crippen molar-refractivity contribution in [1.82, 2.24) is 20.4 Å². The van der Waals surface area contributed by atoms with Crippen LogP contribution in [0.4, 0.5) is 0 Å². The number of hydrogen-bond donors (Lipinski definition) is 1. The van der Waals surface area contributed by atoms with E-state index in [1.807, 2.05) is 18.2 Å². The molecule has 0 aliphatic carbocycles. The molecular weight excluding hydrogens is 332 g/mol. The summed E-state index contributed by atoms with van der Waals surface area (Å²) in [6, 6.07) is 5.63. The van der Waals surface area contributed by atoms with Gasteiger partial charge in [-0.3, -0.25) is 14.6 Å². The second kappa shape index (κ2) is 8.12. The first-order valence-corrected chi connectivity index (χ1v) is 8.90. The molecule has 0 aromatic carbocycles. The molecule has 1 aliphatic rings. The van der Waals surface area contributed by atoms with Gasteiger partial charge in [-0.1, -0.05) is 25.1 Å². The number of nitrogens with one attached hydrogen (secondary N) is 1. The molecule has 0 unspecified atom stereocenters. The van der Waals surface area contributed by atoms with Crippen LogP contribution in [0, 0.1) is 11.8 Å². The van der Waals surface area contributed by atoms with Gasteiger partial charge in [-0.15, -0.1) is 0 Å². The lowest BCUT2D eigenvalue weighted by Crippen LogP contribution is -2.32. The third-order valence-corrected chi connectivity index (χ3v) is 4.34. The molecular formula is C19H24N4O3. The van der Waals surface area contributed by atoms with E-state index in [1.165, 1.54) is 0 Å². The highest BCUT2D eigenvalue weighted by Gasteiger charge is 2.34. The van der Waals surface area contributed by atoms with E-state index in [0.29, 0.717) is 24.8 Å². The molecule has 7 heteroatoms. The van der Waals surface area contributed by atoms with Gasteiger partial charge in [0, 0.05) is 38.0 Å². The average molecular weight is 356 g/mol. The molecule has 2 aromatic rings. The van der Waals surface area contributed by atoms with Crippen LogP contribution in [0.3, 0.4) is 0 Å². The molecule has 2 aromatic heterocycles. The topological polar surface area (TPSA) is 88.3 Å². The van der Waals surface area contributed by atoms with Crippen LogP contribution in [0.5, 0.6) is 0 Å². The number of rotatable bonds is 7. The average Bonchev–Trinajstić information content (AvgIpc) is 3.20. The fourth-order valence-corrected chi connectivity index (χ4v) is 3.08. The van der Waals surface area contributed by atoms with Gasteiger partial charge in [-0.2, -0.15) is 0 Å². The predicted octanol–water partition coefficient (Wildman–Crippen LogP) is 1.93. The van der Waals surface area contributed by atoms with Crippen LogP contribution in [0.2, 0.25) is 0 Å². The van der Waals surface area contributed by atoms with Gasteiger partial charge in [0.1, 0.15) is 0 Å². The van der Waals surface area contributed by atoms with Gasteiger partial charge in [0.2, 0.25) is 11.8 Å². The van der Waals surface area contributed by atoms with Crippen molar-refractivity contribution < 1.29 is 14.1 Å². The van der Waals surface area contributed by atoms with E-state index in [9.17, 15) is 9.59 Å². The van der Waals surface area contributed by atoms with Crippen LogP contribution >= 0.6 is 0 Å². The molecule has 3 rings (SSSR count). The fourth-order valence-electron chi connectivity index (χ4n) is 3.08. The van der Waals surface area contributed by atoms with Gasteiger partial charge in [0.15, 0.2) is 5.76 Å². The number of nitrogens with zero attached hydrogens (tertiary/aromatic N) is 3. The van der Waals surface area contributed by atoms with Crippen LogP contribution < -0.4 is 5.32 Å². The Kier molecular flexibility index (Phi) is 5.65. The molecule has 26 heavy (non-hydrogen) atoms. The van der Waals surface area contributed by atoms with E-state index in [4.69, 9.17) is 4.52 Å². The Morgan fingerprint density at radius 3 is 3.04 bits per heavy atom. The maximum absolute atomic E-state index is 12.4. The summed E-state index contributed by atoms with van der Waals surface area (Å²) in [6.07, 6.45) is 4.51. The summed E-state index contributed by atoms with van der Waals surface area (Å²) >= 11 is 0. The summed E-state index contributed by atoms with van der Waals surface area (Å²) in [5, 5.41) is 6.86. The largest absolute Gasteiger partial charge is 0.359 e. The van der Waals surface area contributed by atoms with Crippen molar-refractivity contribution in [3.63, 3.8) is 0 Å². The molecule has 1 aliphatic heterocycles. The molecule has 1 fully saturated rings. The maximum atomic E-state index is 12.4. The van der Waals surface area contributed by atoms with Crippen LogP contribution in [0.15, 0.2) is 35.1 Å². The number of carbonyl (C=O) groups excluding carboxylic acids is 2. The fraction of sp³-hybridized carbons (Fsp3) is 0.474. The van der Waals surface area contributed by atoms with Crippen molar-refractivity contribution in [1.29, 1.82) is 0 Å². The predicted molar refractivity (Wildman–Crippen MR) is 94.7 cm³/mol. The molecule has 2 amide bonds. The number of pyridine rings is 1. The molecule has 3 heterocycles. The Bertz CT molecular complexity index is 757. The van der Waals surface area contributed by atoms with Crippen LogP contribution in [-0.4, -0.2) is 33.4 Å². The van der Waals surface area contributed by atoms with Crippen molar-refractivity contribution >= 4 is 11.8 Å². The van der Waals surface area contributed by atoms with Crippen molar-refractivity contribution in [3.05, 3.63) is 47.6 Å². The Labute approximate surface area is 152 Å². The summed E-state index contributed by atoms with van der Waals surface area (Å²) in [6.45, 7) is 5.43. The van der Waals surface area contributed by atoms with Gasteiger partial charge >= 0.3 is 0 Å². The van der Waals surface area contributed by atoms with Crippen molar-refractivity contribution in [2.75, 3.05) is 6.54 Å². The van der Waals surface area contributed by atoms with Gasteiger partial charge in [-0.25, -0.2) is 0 Å². The van der Waals surface area contributed by atoms with Crippen molar-refractivity contribution in [2.24, 2.45) is 11.8 Å². The normalized spacial score (nSPS) is 17.1. The number of likely N-dealkylation sites (tertiary alicyclic amines) is 1. The van der Waals surface area contributed by atoms with E-state index in [-0.39, 0.29) is 30.7 Å². The quantitative estimate of drug-likeness (QED) is 0.819. The standard InChI is InChI=1S/C19H24N4O3/c1-13(2)6-16-8-17(26-22-16)10-21-19(25)15-7-18(24)23(12-15)11-14-4-3-5-20-9-14/h3-5,8-9,13,15H,6-7,10-12H2,1-2H3,(H,21,25)/t15-/m1/s1. The van der Waals surface area contributed by atoms with E-state index < -0.39 is 0 Å². The number of carbonyl (C=O) groups is 2. The number of aromatic nitrogens is 2. The third-order valence-electron chi connectivity index (χ3n) is 4.34. The maximum Gasteiger partial charge on any atom is 0.225 e. The monoisotopic (exact) mass is 356 g/mol. The first-order valence-electron chi connectivity index (χ1n) is 8.90. The molecule has 0 saturated carbocycles. The summed E-state index contributed by atoms with van der Waals surface area (Å²) in [5.74, 6) is 0.655. The molecule has 0 radical (unpaired) electrons. The number of amides is 2. The Morgan fingerprint density at radius 2 is 2.31 bits per heavy atom. The van der Waals surface area contributed by atoms with E-state index in [0.717, 1.165) is 17.7 Å². The second-order valence-electron chi connectivity index (χ2n) is 7.14. The van der Waals surface area contributed by atoms with Gasteiger partial charge in [0.05, 0.1) is 18.2 Å². The summed E-state index contributed by atoms with van der Waals surface area (Å²) in [5.41, 5.74) is 1.85. The van der Waals surface area contributed by atoms with Crippen molar-refractivity contribution in [3.8, 4) is 0 Å². The highest BCUT2D eigenvalue weighted by atomic mass is 16.5. The molecule has 138 valence electrons. The summed E-state index contributed by atoms with van der Waals surface area (Å²) < 4.78 is 5.25. The first-order chi connectivity index (χ1) is 12.5. The van der Waals surface area contributed by atoms with Crippen LogP contribution in [0.1, 0.15) is 37.3 Å². The lowest BCUT2D eigenvalue weighted by molar-refractivity contribution is -0.129. The van der Waals surface area contributed by atoms with Crippen molar-refractivity contribution in [2.45, 2.75) is 39.8 Å². The lowest BCUT2D eigenvalue weighted by atomic mass is 10.1. The smallest absolute Gasteiger partial charge is 0.225 e. The zero-order valence-electron chi connectivity index (χ0n) is 15.1. The van der Waals surface area contributed by atoms with E-state index in [1.54, 1.807) is 17.3 Å². The SMILES string of the molecule is CC(C)Cc1cc(CNC(=O)[C@@H]2CC(=O)N(Cc3cccnc3)C2)on1. The van der Waals surface area contributed by atoms with E-state index >= 15 is 0 Å². The Hall–Kier alpha value is -2.70. The van der Waals surface area contributed by atoms with Crippen LogP contribution in [-0.2, 0) is 29.1 Å². The minimum Gasteiger partial charge on any atom is -0.359 e.